The second-order valence-electron chi connectivity index (χ2n) is 7.93. The lowest BCUT2D eigenvalue weighted by atomic mass is 9.59. The number of carbonyl (C=O) groups excluding carboxylic acids is 1. The van der Waals surface area contributed by atoms with E-state index in [0.717, 1.165) is 12.8 Å². The minimum absolute atomic E-state index is 0.0759. The van der Waals surface area contributed by atoms with Crippen molar-refractivity contribution in [2.24, 2.45) is 17.8 Å². The Morgan fingerprint density at radius 3 is 2.64 bits per heavy atom. The summed E-state index contributed by atoms with van der Waals surface area (Å²) in [4.78, 5) is 11.8. The quantitative estimate of drug-likeness (QED) is 0.741. The number of hydrogen-bond donors (Lipinski definition) is 2. The predicted molar refractivity (Wildman–Crippen MR) is 98.0 cm³/mol. The van der Waals surface area contributed by atoms with Gasteiger partial charge in [-0.1, -0.05) is 18.9 Å². The number of allylic oxidation sites excluding steroid dienone is 3. The van der Waals surface area contributed by atoms with E-state index in [2.05, 4.69) is 6.08 Å². The number of Topliss-reactive ketones (excluding diaryl/α,β-unsaturated/α-hetero) is 1. The van der Waals surface area contributed by atoms with Gasteiger partial charge in [-0.05, 0) is 91.7 Å². The molecule has 1 aromatic carbocycles. The van der Waals surface area contributed by atoms with Gasteiger partial charge in [0.15, 0.2) is 5.78 Å². The molecule has 3 aliphatic rings. The van der Waals surface area contributed by atoms with Crippen molar-refractivity contribution < 1.29 is 15.0 Å². The molecule has 0 amide bonds. The monoisotopic (exact) mass is 338 g/mol. The molecule has 2 N–H and O–H groups in total. The van der Waals surface area contributed by atoms with E-state index in [1.807, 2.05) is 24.3 Å². The van der Waals surface area contributed by atoms with Crippen molar-refractivity contribution in [3.05, 3.63) is 52.8 Å². The molecule has 25 heavy (non-hydrogen) atoms. The third-order valence-corrected chi connectivity index (χ3v) is 6.52. The van der Waals surface area contributed by atoms with E-state index in [1.165, 1.54) is 43.7 Å². The summed E-state index contributed by atoms with van der Waals surface area (Å²) in [6.45, 7) is 1.52. The van der Waals surface area contributed by atoms with Gasteiger partial charge < -0.3 is 10.2 Å². The summed E-state index contributed by atoms with van der Waals surface area (Å²) < 4.78 is 0. The molecule has 1 fully saturated rings. The van der Waals surface area contributed by atoms with Crippen LogP contribution in [0, 0.1) is 17.8 Å². The number of aromatic hydroxyl groups is 1. The first-order valence-electron chi connectivity index (χ1n) is 9.48. The zero-order valence-electron chi connectivity index (χ0n) is 14.7. The fraction of sp³-hybridized carbons (Fsp3) is 0.500. The minimum Gasteiger partial charge on any atom is -0.508 e. The predicted octanol–water partition coefficient (Wildman–Crippen LogP) is 5.06. The number of rotatable bonds is 2. The zero-order valence-corrected chi connectivity index (χ0v) is 14.7. The molecule has 1 saturated carbocycles. The molecule has 0 bridgehead atoms. The van der Waals surface area contributed by atoms with E-state index in [-0.39, 0.29) is 11.5 Å². The lowest BCUT2D eigenvalue weighted by Gasteiger charge is -2.45. The second kappa shape index (κ2) is 6.36. The Morgan fingerprint density at radius 1 is 1.12 bits per heavy atom. The lowest BCUT2D eigenvalue weighted by Crippen LogP contribution is -2.36. The molecule has 4 atom stereocenters. The van der Waals surface area contributed by atoms with Gasteiger partial charge in [0.25, 0.3) is 0 Å². The van der Waals surface area contributed by atoms with Gasteiger partial charge in [0.2, 0.25) is 0 Å². The number of carbonyl (C=O) groups is 1. The van der Waals surface area contributed by atoms with Gasteiger partial charge in [-0.25, -0.2) is 0 Å². The maximum atomic E-state index is 11.8. The smallest absolute Gasteiger partial charge is 0.163 e. The van der Waals surface area contributed by atoms with Crippen LogP contribution >= 0.6 is 0 Å². The van der Waals surface area contributed by atoms with E-state index in [0.29, 0.717) is 35.0 Å². The van der Waals surface area contributed by atoms with Crippen LogP contribution < -0.4 is 0 Å². The van der Waals surface area contributed by atoms with E-state index in [4.69, 9.17) is 0 Å². The topological polar surface area (TPSA) is 57.5 Å². The average molecular weight is 338 g/mol. The van der Waals surface area contributed by atoms with E-state index in [1.54, 1.807) is 0 Å². The van der Waals surface area contributed by atoms with Crippen LogP contribution in [0.1, 0.15) is 66.4 Å². The molecule has 0 saturated heterocycles. The van der Waals surface area contributed by atoms with E-state index >= 15 is 0 Å². The number of aliphatic hydroxyl groups is 1. The number of ketones is 1. The molecule has 0 spiro atoms. The number of fused-ring (bicyclic) bond motifs is 3. The fourth-order valence-corrected chi connectivity index (χ4v) is 5.33. The van der Waals surface area contributed by atoms with Crippen LogP contribution in [-0.2, 0) is 6.42 Å². The molecular weight excluding hydrogens is 312 g/mol. The van der Waals surface area contributed by atoms with Crippen molar-refractivity contribution in [3.8, 4) is 5.75 Å². The van der Waals surface area contributed by atoms with Crippen molar-refractivity contribution in [1.29, 1.82) is 0 Å². The van der Waals surface area contributed by atoms with Crippen LogP contribution in [0.25, 0.3) is 0 Å². The molecule has 0 aliphatic heterocycles. The van der Waals surface area contributed by atoms with Crippen LogP contribution in [0.15, 0.2) is 36.1 Å². The number of phenolic OH excluding ortho intramolecular Hbond substituents is 1. The molecule has 3 aliphatic carbocycles. The summed E-state index contributed by atoms with van der Waals surface area (Å²) >= 11 is 0. The SMILES string of the molecule is CC(=O)c1cc2c(cc1O)[C@@H]1CCCC[C@@H]1[C@H](C1C=CC(O)=CC1)C2. The molecule has 1 unspecified atom stereocenters. The van der Waals surface area contributed by atoms with Gasteiger partial charge in [-0.2, -0.15) is 0 Å². The summed E-state index contributed by atoms with van der Waals surface area (Å²) in [5.74, 6) is 2.55. The van der Waals surface area contributed by atoms with Crippen LogP contribution in [0.2, 0.25) is 0 Å². The molecule has 1 aromatic rings. The molecule has 0 radical (unpaired) electrons. The van der Waals surface area contributed by atoms with Gasteiger partial charge in [0.05, 0.1) is 5.56 Å². The first-order valence-corrected chi connectivity index (χ1v) is 9.48. The van der Waals surface area contributed by atoms with Crippen LogP contribution in [0.3, 0.4) is 0 Å². The first-order chi connectivity index (χ1) is 12.0. The summed E-state index contributed by atoms with van der Waals surface area (Å²) in [6.07, 6.45) is 12.7. The Balaban J connectivity index is 1.73. The third kappa shape index (κ3) is 2.90. The van der Waals surface area contributed by atoms with Gasteiger partial charge in [0.1, 0.15) is 11.5 Å². The molecule has 0 heterocycles. The maximum absolute atomic E-state index is 11.8. The van der Waals surface area contributed by atoms with E-state index < -0.39 is 0 Å². The van der Waals surface area contributed by atoms with Crippen LogP contribution in [0.4, 0.5) is 0 Å². The Labute approximate surface area is 149 Å². The molecular formula is C22H26O3. The molecule has 0 aromatic heterocycles. The molecule has 3 heteroatoms. The highest BCUT2D eigenvalue weighted by atomic mass is 16.3. The molecule has 4 rings (SSSR count). The maximum Gasteiger partial charge on any atom is 0.163 e. The number of benzene rings is 1. The van der Waals surface area contributed by atoms with Crippen LogP contribution in [-0.4, -0.2) is 16.0 Å². The summed E-state index contributed by atoms with van der Waals surface area (Å²) in [5, 5.41) is 20.0. The summed E-state index contributed by atoms with van der Waals surface area (Å²) in [6, 6.07) is 3.80. The highest BCUT2D eigenvalue weighted by Crippen LogP contribution is 2.52. The Morgan fingerprint density at radius 2 is 1.92 bits per heavy atom. The van der Waals surface area contributed by atoms with Crippen molar-refractivity contribution in [3.63, 3.8) is 0 Å². The lowest BCUT2D eigenvalue weighted by molar-refractivity contribution is 0.101. The van der Waals surface area contributed by atoms with Crippen molar-refractivity contribution in [1.82, 2.24) is 0 Å². The fourth-order valence-electron chi connectivity index (χ4n) is 5.33. The molecule has 132 valence electrons. The highest BCUT2D eigenvalue weighted by molar-refractivity contribution is 5.97. The standard InChI is InChI=1S/C22H26O3/c1-13(23)19-10-15-11-20(14-6-8-16(24)9-7-14)17-4-2-3-5-18(17)21(15)12-22(19)25/h6,8-10,12,14,17-18,20,24-25H,2-5,7,11H2,1H3/t14?,17-,18+,20-/m0/s1. The van der Waals surface area contributed by atoms with Gasteiger partial charge >= 0.3 is 0 Å². The van der Waals surface area contributed by atoms with Crippen molar-refractivity contribution in [2.45, 2.75) is 51.4 Å². The molecule has 3 nitrogen and oxygen atoms in total. The number of aliphatic hydroxyl groups excluding tert-OH is 1. The van der Waals surface area contributed by atoms with Crippen molar-refractivity contribution in [2.75, 3.05) is 0 Å². The summed E-state index contributed by atoms with van der Waals surface area (Å²) in [5.41, 5.74) is 2.95. The number of hydrogen-bond acceptors (Lipinski definition) is 3. The Hall–Kier alpha value is -2.03. The van der Waals surface area contributed by atoms with Gasteiger partial charge in [-0.3, -0.25) is 4.79 Å². The van der Waals surface area contributed by atoms with Gasteiger partial charge in [0, 0.05) is 0 Å². The Kier molecular flexibility index (Phi) is 4.18. The summed E-state index contributed by atoms with van der Waals surface area (Å²) in [7, 11) is 0. The zero-order chi connectivity index (χ0) is 17.6. The third-order valence-electron chi connectivity index (χ3n) is 6.52. The normalized spacial score (nSPS) is 31.0. The van der Waals surface area contributed by atoms with E-state index in [9.17, 15) is 15.0 Å². The Bertz CT molecular complexity index is 759. The second-order valence-corrected chi connectivity index (χ2v) is 7.93. The minimum atomic E-state index is -0.0759. The number of phenols is 1. The average Bonchev–Trinajstić information content (AvgIpc) is 2.61. The van der Waals surface area contributed by atoms with Gasteiger partial charge in [-0.15, -0.1) is 0 Å². The highest BCUT2D eigenvalue weighted by Gasteiger charge is 2.41. The first kappa shape index (κ1) is 16.4. The van der Waals surface area contributed by atoms with Crippen molar-refractivity contribution >= 4 is 5.78 Å². The van der Waals surface area contributed by atoms with Crippen LogP contribution in [0.5, 0.6) is 5.75 Å². The largest absolute Gasteiger partial charge is 0.508 e.